The monoisotopic (exact) mass is 465 g/mol. The van der Waals surface area contributed by atoms with Crippen molar-refractivity contribution in [2.24, 2.45) is 17.8 Å². The molecule has 0 unspecified atom stereocenters. The third kappa shape index (κ3) is 4.09. The van der Waals surface area contributed by atoms with E-state index in [2.05, 4.69) is 5.32 Å². The molecule has 7 rings (SSSR count). The average Bonchev–Trinajstić information content (AvgIpc) is 3.43. The van der Waals surface area contributed by atoms with Crippen LogP contribution in [-0.4, -0.2) is 37.7 Å². The van der Waals surface area contributed by atoms with Crippen molar-refractivity contribution < 1.29 is 14.7 Å². The van der Waals surface area contributed by atoms with E-state index in [1.54, 1.807) is 23.9 Å². The number of rotatable bonds is 5. The molecule has 33 heavy (non-hydrogen) atoms. The number of amides is 1. The van der Waals surface area contributed by atoms with Gasteiger partial charge in [0.1, 0.15) is 5.03 Å². The Morgan fingerprint density at radius 3 is 2.18 bits per heavy atom. The van der Waals surface area contributed by atoms with Gasteiger partial charge in [-0.2, -0.15) is 9.78 Å². The van der Waals surface area contributed by atoms with Gasteiger partial charge in [-0.15, -0.1) is 11.8 Å². The third-order valence-electron chi connectivity index (χ3n) is 8.32. The van der Waals surface area contributed by atoms with Gasteiger partial charge in [0.15, 0.2) is 0 Å². The van der Waals surface area contributed by atoms with Crippen molar-refractivity contribution >= 4 is 23.8 Å². The number of aromatic nitrogens is 2. The van der Waals surface area contributed by atoms with Gasteiger partial charge in [0, 0.05) is 22.5 Å². The average molecular weight is 466 g/mol. The molecule has 0 radical (unpaired) electrons. The first-order valence-electron chi connectivity index (χ1n) is 12.4. The Hall–Kier alpha value is -2.28. The lowest BCUT2D eigenvalue weighted by Gasteiger charge is -2.56. The number of benzene rings is 1. The maximum Gasteiger partial charge on any atom is 0.342 e. The lowest BCUT2D eigenvalue weighted by molar-refractivity contribution is -0.0136. The van der Waals surface area contributed by atoms with Gasteiger partial charge in [0.2, 0.25) is 0 Å². The summed E-state index contributed by atoms with van der Waals surface area (Å²) in [6.45, 7) is 0. The molecule has 2 N–H and O–H groups in total. The molecule has 0 spiro atoms. The van der Waals surface area contributed by atoms with Gasteiger partial charge in [-0.05, 0) is 86.8 Å². The lowest BCUT2D eigenvalue weighted by Crippen LogP contribution is -2.60. The molecule has 174 valence electrons. The molecule has 1 heterocycles. The number of carbonyl (C=O) groups is 2. The predicted octanol–water partition coefficient (Wildman–Crippen LogP) is 5.81. The topological polar surface area (TPSA) is 84.2 Å². The van der Waals surface area contributed by atoms with E-state index in [9.17, 15) is 14.7 Å². The number of thioether (sulfide) groups is 1. The summed E-state index contributed by atoms with van der Waals surface area (Å²) in [7, 11) is 0. The van der Waals surface area contributed by atoms with Gasteiger partial charge in [-0.3, -0.25) is 0 Å². The zero-order valence-corrected chi connectivity index (χ0v) is 19.7. The van der Waals surface area contributed by atoms with E-state index in [1.807, 2.05) is 18.3 Å². The van der Waals surface area contributed by atoms with Crippen LogP contribution < -0.4 is 5.32 Å². The fraction of sp³-hybridized carbons (Fsp3) is 0.577. The molecule has 0 aliphatic heterocycles. The number of carbonyl (C=O) groups excluding carboxylic acids is 1. The summed E-state index contributed by atoms with van der Waals surface area (Å²) in [5, 5.41) is 18.8. The van der Waals surface area contributed by atoms with E-state index in [0.29, 0.717) is 5.25 Å². The second-order valence-electron chi connectivity index (χ2n) is 10.8. The smallest absolute Gasteiger partial charge is 0.342 e. The van der Waals surface area contributed by atoms with Gasteiger partial charge in [-0.1, -0.05) is 25.0 Å². The van der Waals surface area contributed by atoms with Crippen LogP contribution in [0.25, 0.3) is 11.1 Å². The van der Waals surface area contributed by atoms with E-state index in [0.717, 1.165) is 53.2 Å². The first-order valence-corrected chi connectivity index (χ1v) is 13.3. The molecule has 5 aliphatic carbocycles. The number of hydrogen-bond acceptors (Lipinski definition) is 4. The van der Waals surface area contributed by atoms with E-state index < -0.39 is 5.97 Å². The molecule has 5 aliphatic rings. The van der Waals surface area contributed by atoms with Gasteiger partial charge in [0.05, 0.1) is 5.56 Å². The molecule has 1 aromatic carbocycles. The Balaban J connectivity index is 1.28. The second-order valence-corrected chi connectivity index (χ2v) is 12.1. The van der Waals surface area contributed by atoms with Gasteiger partial charge >= 0.3 is 12.0 Å². The Morgan fingerprint density at radius 1 is 1.00 bits per heavy atom. The fourth-order valence-electron chi connectivity index (χ4n) is 7.25. The number of nitrogens with zero attached hydrogens (tertiary/aromatic N) is 2. The minimum atomic E-state index is -0.937. The van der Waals surface area contributed by atoms with E-state index in [-0.39, 0.29) is 17.1 Å². The molecule has 1 amide bonds. The molecule has 0 saturated heterocycles. The summed E-state index contributed by atoms with van der Waals surface area (Å²) in [4.78, 5) is 24.7. The highest BCUT2D eigenvalue weighted by atomic mass is 32.2. The van der Waals surface area contributed by atoms with Crippen LogP contribution in [0.15, 0.2) is 35.5 Å². The van der Waals surface area contributed by atoms with Crippen LogP contribution in [0.1, 0.15) is 74.6 Å². The summed E-state index contributed by atoms with van der Waals surface area (Å²) in [5.74, 6) is 1.37. The molecule has 1 aromatic heterocycles. The summed E-state index contributed by atoms with van der Waals surface area (Å²) < 4.78 is 1.50. The largest absolute Gasteiger partial charge is 0.478 e. The minimum absolute atomic E-state index is 0.0557. The summed E-state index contributed by atoms with van der Waals surface area (Å²) >= 11 is 1.76. The van der Waals surface area contributed by atoms with Crippen molar-refractivity contribution in [2.45, 2.75) is 80.0 Å². The van der Waals surface area contributed by atoms with E-state index in [4.69, 9.17) is 5.10 Å². The second kappa shape index (κ2) is 8.19. The Bertz CT molecular complexity index is 1040. The molecular weight excluding hydrogens is 434 g/mol. The van der Waals surface area contributed by atoms with Crippen molar-refractivity contribution in [1.29, 1.82) is 0 Å². The highest BCUT2D eigenvalue weighted by molar-refractivity contribution is 8.00. The number of carboxylic acid groups (broad SMARTS) is 1. The van der Waals surface area contributed by atoms with Crippen LogP contribution in [-0.2, 0) is 0 Å². The zero-order chi connectivity index (χ0) is 22.6. The summed E-state index contributed by atoms with van der Waals surface area (Å²) in [6.07, 6.45) is 14.0. The molecule has 7 heteroatoms. The van der Waals surface area contributed by atoms with Gasteiger partial charge < -0.3 is 10.4 Å². The molecular formula is C26H31N3O3S. The first-order chi connectivity index (χ1) is 16.0. The number of carboxylic acids is 1. The van der Waals surface area contributed by atoms with Crippen molar-refractivity contribution in [3.63, 3.8) is 0 Å². The van der Waals surface area contributed by atoms with Crippen LogP contribution in [0.3, 0.4) is 0 Å². The maximum absolute atomic E-state index is 13.4. The van der Waals surface area contributed by atoms with Crippen LogP contribution in [0, 0.1) is 17.8 Å². The van der Waals surface area contributed by atoms with Crippen LogP contribution in [0.2, 0.25) is 0 Å². The van der Waals surface area contributed by atoms with Crippen molar-refractivity contribution in [2.75, 3.05) is 0 Å². The molecule has 4 bridgehead atoms. The molecule has 5 fully saturated rings. The minimum Gasteiger partial charge on any atom is -0.478 e. The number of nitrogens with one attached hydrogen (secondary N) is 1. The van der Waals surface area contributed by atoms with Crippen LogP contribution >= 0.6 is 11.8 Å². The van der Waals surface area contributed by atoms with Crippen molar-refractivity contribution in [3.8, 4) is 11.1 Å². The van der Waals surface area contributed by atoms with Crippen molar-refractivity contribution in [3.05, 3.63) is 36.0 Å². The molecule has 6 nitrogen and oxygen atoms in total. The van der Waals surface area contributed by atoms with Crippen LogP contribution in [0.4, 0.5) is 4.79 Å². The number of aromatic carboxylic acids is 1. The summed E-state index contributed by atoms with van der Waals surface area (Å²) in [5.41, 5.74) is 2.01. The quantitative estimate of drug-likeness (QED) is 0.582. The van der Waals surface area contributed by atoms with E-state index in [1.165, 1.54) is 49.6 Å². The Morgan fingerprint density at radius 2 is 1.61 bits per heavy atom. The first kappa shape index (κ1) is 21.3. The fourth-order valence-corrected chi connectivity index (χ4v) is 8.57. The highest BCUT2D eigenvalue weighted by Gasteiger charge is 2.51. The number of hydrogen-bond donors (Lipinski definition) is 2. The maximum atomic E-state index is 13.4. The standard InChI is InChI=1S/C26H31N3O3S/c30-24(31)20-7-5-19(6-8-20)22-15-29(28-23(22)33-21-3-1-2-4-21)25(32)27-26-12-16-9-17(13-26)11-18(10-16)14-26/h5-8,15-18,21H,1-4,9-14H2,(H,27,32)(H,30,31). The third-order valence-corrected chi connectivity index (χ3v) is 9.65. The summed E-state index contributed by atoms with van der Waals surface area (Å²) in [6, 6.07) is 6.75. The Kier molecular flexibility index (Phi) is 5.28. The molecule has 5 saturated carbocycles. The van der Waals surface area contributed by atoms with Crippen molar-refractivity contribution in [1.82, 2.24) is 15.1 Å². The predicted molar refractivity (Wildman–Crippen MR) is 128 cm³/mol. The highest BCUT2D eigenvalue weighted by Crippen LogP contribution is 2.55. The lowest BCUT2D eigenvalue weighted by atomic mass is 9.53. The van der Waals surface area contributed by atoms with Gasteiger partial charge in [0.25, 0.3) is 0 Å². The van der Waals surface area contributed by atoms with E-state index >= 15 is 0 Å². The molecule has 0 atom stereocenters. The zero-order valence-electron chi connectivity index (χ0n) is 18.8. The SMILES string of the molecule is O=C(O)c1ccc(-c2cn(C(=O)NC34CC5CC(CC(C5)C3)C4)nc2SC2CCCC2)cc1. The Labute approximate surface area is 198 Å². The van der Waals surface area contributed by atoms with Crippen LogP contribution in [0.5, 0.6) is 0 Å². The van der Waals surface area contributed by atoms with Gasteiger partial charge in [-0.25, -0.2) is 9.59 Å². The normalized spacial score (nSPS) is 30.6. The molecule has 2 aromatic rings.